The van der Waals surface area contributed by atoms with Crippen LogP contribution >= 0.6 is 0 Å². The summed E-state index contributed by atoms with van der Waals surface area (Å²) in [5, 5.41) is 0. The molecule has 0 aromatic heterocycles. The number of hydrogen-bond acceptors (Lipinski definition) is 3. The van der Waals surface area contributed by atoms with Gasteiger partial charge in [-0.2, -0.15) is 0 Å². The van der Waals surface area contributed by atoms with E-state index in [0.29, 0.717) is 13.0 Å². The van der Waals surface area contributed by atoms with Crippen LogP contribution in [0.3, 0.4) is 0 Å². The predicted octanol–water partition coefficient (Wildman–Crippen LogP) is 1.34. The first-order chi connectivity index (χ1) is 7.85. The summed E-state index contributed by atoms with van der Waals surface area (Å²) in [7, 11) is 0. The van der Waals surface area contributed by atoms with E-state index in [1.807, 2.05) is 20.8 Å². The highest BCUT2D eigenvalue weighted by molar-refractivity contribution is 5.86. The Balaban J connectivity index is 2.67. The van der Waals surface area contributed by atoms with Crippen molar-refractivity contribution in [3.63, 3.8) is 0 Å². The van der Waals surface area contributed by atoms with Gasteiger partial charge in [0.2, 0.25) is 5.91 Å². The Morgan fingerprint density at radius 3 is 2.65 bits per heavy atom. The van der Waals surface area contributed by atoms with E-state index in [1.54, 1.807) is 0 Å². The average molecular weight is 237 g/mol. The number of ether oxygens (including phenoxy) is 1. The molecule has 0 aromatic carbocycles. The van der Waals surface area contributed by atoms with Gasteiger partial charge in [0.15, 0.2) is 0 Å². The maximum absolute atomic E-state index is 11.9. The molecule has 4 nitrogen and oxygen atoms in total. The largest absolute Gasteiger partial charge is 0.458 e. The molecule has 4 heteroatoms. The van der Waals surface area contributed by atoms with Gasteiger partial charge < -0.3 is 9.64 Å². The molecule has 0 bridgehead atoms. The number of likely N-dealkylation sites (tertiary alicyclic amines) is 1. The summed E-state index contributed by atoms with van der Waals surface area (Å²) in [6.07, 6.45) is 6.63. The number of amides is 1. The van der Waals surface area contributed by atoms with Gasteiger partial charge in [-0.05, 0) is 33.6 Å². The molecule has 0 unspecified atom stereocenters. The van der Waals surface area contributed by atoms with Crippen molar-refractivity contribution in [1.82, 2.24) is 4.90 Å². The molecule has 1 amide bonds. The van der Waals surface area contributed by atoms with Crippen LogP contribution in [0.15, 0.2) is 0 Å². The second-order valence-corrected chi connectivity index (χ2v) is 5.16. The van der Waals surface area contributed by atoms with Gasteiger partial charge in [-0.3, -0.25) is 4.79 Å². The van der Waals surface area contributed by atoms with Gasteiger partial charge in [-0.15, -0.1) is 6.42 Å². The van der Waals surface area contributed by atoms with Crippen LogP contribution in [0.25, 0.3) is 0 Å². The van der Waals surface area contributed by atoms with E-state index < -0.39 is 11.6 Å². The molecule has 0 radical (unpaired) electrons. The first-order valence-corrected chi connectivity index (χ1v) is 5.81. The quantitative estimate of drug-likeness (QED) is 0.538. The molecule has 1 atom stereocenters. The van der Waals surface area contributed by atoms with E-state index >= 15 is 0 Å². The van der Waals surface area contributed by atoms with E-state index in [-0.39, 0.29) is 18.3 Å². The van der Waals surface area contributed by atoms with Crippen LogP contribution in [0.2, 0.25) is 0 Å². The summed E-state index contributed by atoms with van der Waals surface area (Å²) >= 11 is 0. The third kappa shape index (κ3) is 3.77. The van der Waals surface area contributed by atoms with E-state index in [0.717, 1.165) is 6.42 Å². The lowest BCUT2D eigenvalue weighted by atomic mass is 10.1. The summed E-state index contributed by atoms with van der Waals surface area (Å²) < 4.78 is 5.30. The van der Waals surface area contributed by atoms with Crippen molar-refractivity contribution in [2.24, 2.45) is 0 Å². The molecule has 0 aliphatic carbocycles. The van der Waals surface area contributed by atoms with Crippen molar-refractivity contribution in [1.29, 1.82) is 0 Å². The topological polar surface area (TPSA) is 46.6 Å². The lowest BCUT2D eigenvalue weighted by molar-refractivity contribution is -0.163. The van der Waals surface area contributed by atoms with Crippen LogP contribution in [0.5, 0.6) is 0 Å². The summed E-state index contributed by atoms with van der Waals surface area (Å²) in [5.41, 5.74) is -0.527. The second-order valence-electron chi connectivity index (χ2n) is 5.16. The smallest absolute Gasteiger partial charge is 0.329 e. The van der Waals surface area contributed by atoms with Gasteiger partial charge in [0, 0.05) is 6.54 Å². The fraction of sp³-hybridized carbons (Fsp3) is 0.692. The average Bonchev–Trinajstić information content (AvgIpc) is 2.63. The van der Waals surface area contributed by atoms with Crippen molar-refractivity contribution in [2.45, 2.75) is 51.7 Å². The maximum Gasteiger partial charge on any atom is 0.329 e. The fourth-order valence-electron chi connectivity index (χ4n) is 1.87. The highest BCUT2D eigenvalue weighted by Crippen LogP contribution is 2.21. The normalized spacial score (nSPS) is 19.9. The third-order valence-electron chi connectivity index (χ3n) is 2.51. The molecule has 0 aromatic rings. The van der Waals surface area contributed by atoms with Gasteiger partial charge in [-0.1, -0.05) is 5.92 Å². The van der Waals surface area contributed by atoms with E-state index in [2.05, 4.69) is 5.92 Å². The molecule has 1 aliphatic heterocycles. The zero-order chi connectivity index (χ0) is 13.1. The van der Waals surface area contributed by atoms with Crippen molar-refractivity contribution >= 4 is 11.9 Å². The van der Waals surface area contributed by atoms with Crippen LogP contribution < -0.4 is 0 Å². The molecule has 0 saturated carbocycles. The molecule has 94 valence electrons. The fourth-order valence-corrected chi connectivity index (χ4v) is 1.87. The Labute approximate surface area is 102 Å². The van der Waals surface area contributed by atoms with Crippen LogP contribution in [-0.2, 0) is 14.3 Å². The molecule has 17 heavy (non-hydrogen) atoms. The molecule has 1 rings (SSSR count). The Morgan fingerprint density at radius 2 is 2.12 bits per heavy atom. The van der Waals surface area contributed by atoms with Crippen molar-refractivity contribution in [3.05, 3.63) is 0 Å². The Hall–Kier alpha value is -1.50. The number of hydrogen-bond donors (Lipinski definition) is 0. The maximum atomic E-state index is 11.9. The monoisotopic (exact) mass is 237 g/mol. The lowest BCUT2D eigenvalue weighted by Crippen LogP contribution is -2.43. The predicted molar refractivity (Wildman–Crippen MR) is 64.0 cm³/mol. The number of carbonyl (C=O) groups excluding carboxylic acids is 2. The third-order valence-corrected chi connectivity index (χ3v) is 2.51. The number of esters is 1. The molecular formula is C13H19NO3. The standard InChI is InChI=1S/C13H19NO3/c1-5-7-11(15)14-9-6-8-10(14)12(16)17-13(2,3)4/h1,10H,6-9H2,2-4H3/t10-/m0/s1. The molecule has 1 aliphatic rings. The Morgan fingerprint density at radius 1 is 1.47 bits per heavy atom. The minimum atomic E-state index is -0.527. The van der Waals surface area contributed by atoms with Gasteiger partial charge in [0.25, 0.3) is 0 Å². The number of nitrogens with zero attached hydrogens (tertiary/aromatic N) is 1. The second kappa shape index (κ2) is 5.22. The minimum absolute atomic E-state index is 0.0410. The van der Waals surface area contributed by atoms with Crippen LogP contribution in [0.1, 0.15) is 40.0 Å². The number of carbonyl (C=O) groups is 2. The van der Waals surface area contributed by atoms with Gasteiger partial charge in [0.1, 0.15) is 11.6 Å². The van der Waals surface area contributed by atoms with Crippen LogP contribution in [0.4, 0.5) is 0 Å². The lowest BCUT2D eigenvalue weighted by Gasteiger charge is -2.27. The van der Waals surface area contributed by atoms with E-state index in [4.69, 9.17) is 11.2 Å². The van der Waals surface area contributed by atoms with Crippen LogP contribution in [0, 0.1) is 12.3 Å². The van der Waals surface area contributed by atoms with Gasteiger partial charge in [0.05, 0.1) is 6.42 Å². The molecule has 0 spiro atoms. The molecule has 1 heterocycles. The zero-order valence-corrected chi connectivity index (χ0v) is 10.7. The summed E-state index contributed by atoms with van der Waals surface area (Å²) in [6.45, 7) is 6.03. The molecule has 1 saturated heterocycles. The van der Waals surface area contributed by atoms with Crippen molar-refractivity contribution in [3.8, 4) is 12.3 Å². The minimum Gasteiger partial charge on any atom is -0.458 e. The highest BCUT2D eigenvalue weighted by atomic mass is 16.6. The Kier molecular flexibility index (Phi) is 4.17. The van der Waals surface area contributed by atoms with Crippen molar-refractivity contribution in [2.75, 3.05) is 6.54 Å². The van der Waals surface area contributed by atoms with Crippen LogP contribution in [-0.4, -0.2) is 35.0 Å². The number of rotatable bonds is 2. The number of terminal acetylenes is 1. The molecule has 1 fully saturated rings. The summed E-state index contributed by atoms with van der Waals surface area (Å²) in [4.78, 5) is 25.1. The van der Waals surface area contributed by atoms with Gasteiger partial charge in [-0.25, -0.2) is 4.79 Å². The zero-order valence-electron chi connectivity index (χ0n) is 10.7. The molecule has 0 N–H and O–H groups in total. The van der Waals surface area contributed by atoms with Gasteiger partial charge >= 0.3 is 5.97 Å². The SMILES string of the molecule is C#CCC(=O)N1CCC[C@H]1C(=O)OC(C)(C)C. The first kappa shape index (κ1) is 13.6. The summed E-state index contributed by atoms with van der Waals surface area (Å²) in [6, 6.07) is -0.463. The first-order valence-electron chi connectivity index (χ1n) is 5.81. The summed E-state index contributed by atoms with van der Waals surface area (Å²) in [5.74, 6) is 1.81. The highest BCUT2D eigenvalue weighted by Gasteiger charge is 2.36. The van der Waals surface area contributed by atoms with E-state index in [9.17, 15) is 9.59 Å². The van der Waals surface area contributed by atoms with E-state index in [1.165, 1.54) is 4.90 Å². The Bertz CT molecular complexity index is 349. The van der Waals surface area contributed by atoms with Crippen molar-refractivity contribution < 1.29 is 14.3 Å². The molecular weight excluding hydrogens is 218 g/mol.